The van der Waals surface area contributed by atoms with Crippen molar-refractivity contribution in [3.63, 3.8) is 0 Å². The standard InChI is InChI=1S/C14H17N3OS/c15-7-1-2-11-3-4-13(16-10-11)14(18)17-12-5-8-19-9-6-12/h3-4,10,12H,5-9,15H2,(H,17,18). The molecule has 0 radical (unpaired) electrons. The molecule has 5 heteroatoms. The molecule has 1 fully saturated rings. The largest absolute Gasteiger partial charge is 0.348 e. The fourth-order valence-corrected chi connectivity index (χ4v) is 2.96. The number of pyridine rings is 1. The maximum atomic E-state index is 12.0. The Balaban J connectivity index is 1.95. The van der Waals surface area contributed by atoms with E-state index in [0.29, 0.717) is 12.2 Å². The van der Waals surface area contributed by atoms with Gasteiger partial charge in [-0.05, 0) is 36.5 Å². The smallest absolute Gasteiger partial charge is 0.270 e. The first kappa shape index (κ1) is 13.9. The SMILES string of the molecule is NCC#Cc1ccc(C(=O)NC2CCSCC2)nc1. The lowest BCUT2D eigenvalue weighted by molar-refractivity contribution is 0.0930. The van der Waals surface area contributed by atoms with Crippen LogP contribution in [-0.2, 0) is 0 Å². The van der Waals surface area contributed by atoms with E-state index in [0.717, 1.165) is 29.9 Å². The third-order valence-corrected chi connectivity index (χ3v) is 3.94. The number of nitrogens with zero attached hydrogens (tertiary/aromatic N) is 1. The van der Waals surface area contributed by atoms with E-state index >= 15 is 0 Å². The Morgan fingerprint density at radius 1 is 1.47 bits per heavy atom. The molecule has 1 aromatic rings. The van der Waals surface area contributed by atoms with Crippen molar-refractivity contribution >= 4 is 17.7 Å². The summed E-state index contributed by atoms with van der Waals surface area (Å²) in [7, 11) is 0. The van der Waals surface area contributed by atoms with Gasteiger partial charge < -0.3 is 11.1 Å². The molecule has 19 heavy (non-hydrogen) atoms. The number of thioether (sulfide) groups is 1. The second kappa shape index (κ2) is 7.17. The van der Waals surface area contributed by atoms with E-state index in [9.17, 15) is 4.79 Å². The molecule has 0 unspecified atom stereocenters. The maximum Gasteiger partial charge on any atom is 0.270 e. The van der Waals surface area contributed by atoms with Crippen molar-refractivity contribution < 1.29 is 4.79 Å². The van der Waals surface area contributed by atoms with Crippen molar-refractivity contribution in [2.24, 2.45) is 5.73 Å². The Bertz CT molecular complexity index is 484. The van der Waals surface area contributed by atoms with Crippen molar-refractivity contribution in [2.75, 3.05) is 18.1 Å². The van der Waals surface area contributed by atoms with Crippen LogP contribution in [0.3, 0.4) is 0 Å². The molecule has 1 aromatic heterocycles. The number of aromatic nitrogens is 1. The first-order valence-corrected chi connectivity index (χ1v) is 7.48. The fourth-order valence-electron chi connectivity index (χ4n) is 1.86. The second-order valence-corrected chi connectivity index (χ2v) is 5.52. The predicted molar refractivity (Wildman–Crippen MR) is 78.0 cm³/mol. The van der Waals surface area contributed by atoms with Crippen LogP contribution in [0.15, 0.2) is 18.3 Å². The van der Waals surface area contributed by atoms with Crippen LogP contribution in [0.1, 0.15) is 28.9 Å². The van der Waals surface area contributed by atoms with E-state index in [1.807, 2.05) is 11.8 Å². The summed E-state index contributed by atoms with van der Waals surface area (Å²) in [5.74, 6) is 7.77. The summed E-state index contributed by atoms with van der Waals surface area (Å²) in [4.78, 5) is 16.1. The zero-order valence-electron chi connectivity index (χ0n) is 10.7. The Morgan fingerprint density at radius 2 is 2.26 bits per heavy atom. The lowest BCUT2D eigenvalue weighted by atomic mass is 10.1. The number of carbonyl (C=O) groups is 1. The molecule has 1 saturated heterocycles. The minimum Gasteiger partial charge on any atom is -0.348 e. The summed E-state index contributed by atoms with van der Waals surface area (Å²) in [6, 6.07) is 3.78. The van der Waals surface area contributed by atoms with E-state index in [1.54, 1.807) is 18.3 Å². The molecule has 1 aliphatic heterocycles. The highest BCUT2D eigenvalue weighted by Gasteiger charge is 2.17. The van der Waals surface area contributed by atoms with Crippen LogP contribution in [0, 0.1) is 11.8 Å². The summed E-state index contributed by atoms with van der Waals surface area (Å²) < 4.78 is 0. The Hall–Kier alpha value is -1.51. The monoisotopic (exact) mass is 275 g/mol. The van der Waals surface area contributed by atoms with E-state index in [-0.39, 0.29) is 11.9 Å². The minimum atomic E-state index is -0.102. The molecule has 1 aliphatic rings. The summed E-state index contributed by atoms with van der Waals surface area (Å²) in [5.41, 5.74) is 6.51. The molecule has 3 N–H and O–H groups in total. The van der Waals surface area contributed by atoms with Crippen molar-refractivity contribution in [1.29, 1.82) is 0 Å². The zero-order valence-corrected chi connectivity index (χ0v) is 11.5. The lowest BCUT2D eigenvalue weighted by Crippen LogP contribution is -2.37. The number of hydrogen-bond acceptors (Lipinski definition) is 4. The van der Waals surface area contributed by atoms with E-state index < -0.39 is 0 Å². The van der Waals surface area contributed by atoms with Gasteiger partial charge in [0.1, 0.15) is 5.69 Å². The van der Waals surface area contributed by atoms with E-state index in [2.05, 4.69) is 22.1 Å². The summed E-state index contributed by atoms with van der Waals surface area (Å²) in [5, 5.41) is 3.03. The topological polar surface area (TPSA) is 68.0 Å². The van der Waals surface area contributed by atoms with Gasteiger partial charge in [0.25, 0.3) is 5.91 Å². The molecule has 4 nitrogen and oxygen atoms in total. The maximum absolute atomic E-state index is 12.0. The highest BCUT2D eigenvalue weighted by Crippen LogP contribution is 2.17. The Kier molecular flexibility index (Phi) is 5.25. The van der Waals surface area contributed by atoms with Crippen LogP contribution in [-0.4, -0.2) is 35.0 Å². The summed E-state index contributed by atoms with van der Waals surface area (Å²) >= 11 is 1.94. The second-order valence-electron chi connectivity index (χ2n) is 4.30. The highest BCUT2D eigenvalue weighted by molar-refractivity contribution is 7.99. The zero-order chi connectivity index (χ0) is 13.5. The van der Waals surface area contributed by atoms with Gasteiger partial charge in [-0.2, -0.15) is 11.8 Å². The van der Waals surface area contributed by atoms with Crippen LogP contribution in [0.2, 0.25) is 0 Å². The van der Waals surface area contributed by atoms with Crippen molar-refractivity contribution in [2.45, 2.75) is 18.9 Å². The van der Waals surface area contributed by atoms with Gasteiger partial charge in [0.2, 0.25) is 0 Å². The molecular weight excluding hydrogens is 258 g/mol. The highest BCUT2D eigenvalue weighted by atomic mass is 32.2. The van der Waals surface area contributed by atoms with Crippen molar-refractivity contribution in [3.8, 4) is 11.8 Å². The summed E-state index contributed by atoms with van der Waals surface area (Å²) in [6.07, 6.45) is 3.68. The molecule has 0 aromatic carbocycles. The molecule has 100 valence electrons. The van der Waals surface area contributed by atoms with E-state index in [4.69, 9.17) is 5.73 Å². The van der Waals surface area contributed by atoms with Gasteiger partial charge >= 0.3 is 0 Å². The fraction of sp³-hybridized carbons (Fsp3) is 0.429. The molecule has 2 heterocycles. The first-order chi connectivity index (χ1) is 9.29. The normalized spacial score (nSPS) is 15.4. The lowest BCUT2D eigenvalue weighted by Gasteiger charge is -2.22. The van der Waals surface area contributed by atoms with Crippen molar-refractivity contribution in [3.05, 3.63) is 29.6 Å². The third kappa shape index (κ3) is 4.27. The van der Waals surface area contributed by atoms with Gasteiger partial charge in [-0.3, -0.25) is 4.79 Å². The molecule has 1 amide bonds. The summed E-state index contributed by atoms with van der Waals surface area (Å²) in [6.45, 7) is 0.321. The van der Waals surface area contributed by atoms with Gasteiger partial charge in [0.05, 0.1) is 6.54 Å². The van der Waals surface area contributed by atoms with Crippen LogP contribution < -0.4 is 11.1 Å². The van der Waals surface area contributed by atoms with Crippen LogP contribution in [0.4, 0.5) is 0 Å². The molecule has 0 aliphatic carbocycles. The van der Waals surface area contributed by atoms with Gasteiger partial charge in [-0.25, -0.2) is 4.98 Å². The molecule has 0 saturated carbocycles. The van der Waals surface area contributed by atoms with Gasteiger partial charge in [0, 0.05) is 17.8 Å². The average molecular weight is 275 g/mol. The van der Waals surface area contributed by atoms with E-state index in [1.165, 1.54) is 0 Å². The predicted octanol–water partition coefficient (Wildman–Crippen LogP) is 1.02. The molecule has 0 bridgehead atoms. The third-order valence-electron chi connectivity index (χ3n) is 2.89. The number of carbonyl (C=O) groups excluding carboxylic acids is 1. The molecule has 0 spiro atoms. The number of rotatable bonds is 2. The average Bonchev–Trinajstić information content (AvgIpc) is 2.46. The Morgan fingerprint density at radius 3 is 2.89 bits per heavy atom. The first-order valence-electron chi connectivity index (χ1n) is 6.33. The number of hydrogen-bond donors (Lipinski definition) is 2. The quantitative estimate of drug-likeness (QED) is 0.791. The minimum absolute atomic E-state index is 0.102. The van der Waals surface area contributed by atoms with Crippen LogP contribution in [0.25, 0.3) is 0 Å². The molecule has 0 atom stereocenters. The van der Waals surface area contributed by atoms with Gasteiger partial charge in [-0.1, -0.05) is 11.8 Å². The molecular formula is C14H17N3OS. The van der Waals surface area contributed by atoms with Crippen LogP contribution >= 0.6 is 11.8 Å². The number of amides is 1. The Labute approximate surface area is 117 Å². The van der Waals surface area contributed by atoms with Gasteiger partial charge in [-0.15, -0.1) is 0 Å². The number of nitrogens with one attached hydrogen (secondary N) is 1. The van der Waals surface area contributed by atoms with Gasteiger partial charge in [0.15, 0.2) is 0 Å². The van der Waals surface area contributed by atoms with Crippen molar-refractivity contribution in [1.82, 2.24) is 10.3 Å². The molecule has 2 rings (SSSR count). The number of nitrogens with two attached hydrogens (primary N) is 1. The van der Waals surface area contributed by atoms with Crippen LogP contribution in [0.5, 0.6) is 0 Å².